The highest BCUT2D eigenvalue weighted by Gasteiger charge is 2.09. The van der Waals surface area contributed by atoms with Crippen LogP contribution in [0.25, 0.3) is 0 Å². The van der Waals surface area contributed by atoms with Crippen molar-refractivity contribution in [2.45, 2.75) is 39.1 Å². The molecule has 3 nitrogen and oxygen atoms in total. The summed E-state index contributed by atoms with van der Waals surface area (Å²) in [4.78, 5) is 0. The van der Waals surface area contributed by atoms with E-state index in [4.69, 9.17) is 14.7 Å². The van der Waals surface area contributed by atoms with Gasteiger partial charge in [-0.05, 0) is 13.3 Å². The maximum Gasteiger partial charge on any atom is 0.158 e. The number of hydrogen-bond acceptors (Lipinski definition) is 3. The molecule has 0 saturated heterocycles. The highest BCUT2D eigenvalue weighted by molar-refractivity contribution is 4.79. The Balaban J connectivity index is 3.60. The lowest BCUT2D eigenvalue weighted by atomic mass is 10.3. The largest absolute Gasteiger partial charge is 0.356 e. The number of methoxy groups -OCH3 is 1. The average Bonchev–Trinajstić information content (AvgIpc) is 2.03. The molecule has 2 atom stereocenters. The van der Waals surface area contributed by atoms with E-state index in [1.165, 1.54) is 0 Å². The van der Waals surface area contributed by atoms with Gasteiger partial charge in [0.15, 0.2) is 6.29 Å². The Hall–Kier alpha value is -0.590. The Morgan fingerprint density at radius 1 is 1.55 bits per heavy atom. The third kappa shape index (κ3) is 4.77. The summed E-state index contributed by atoms with van der Waals surface area (Å²) < 4.78 is 10.2. The van der Waals surface area contributed by atoms with Gasteiger partial charge in [-0.2, -0.15) is 5.26 Å². The van der Waals surface area contributed by atoms with Crippen LogP contribution in [-0.2, 0) is 9.47 Å². The fraction of sp³-hybridized carbons (Fsp3) is 0.875. The maximum absolute atomic E-state index is 8.42. The Labute approximate surface area is 67.9 Å². The Kier molecular flexibility index (Phi) is 5.81. The lowest BCUT2D eigenvalue weighted by molar-refractivity contribution is -0.140. The molecule has 0 aliphatic carbocycles. The molecule has 0 amide bonds. The minimum Gasteiger partial charge on any atom is -0.356 e. The highest BCUT2D eigenvalue weighted by Crippen LogP contribution is 2.05. The summed E-state index contributed by atoms with van der Waals surface area (Å²) in [6, 6.07) is 1.99. The van der Waals surface area contributed by atoms with Crippen molar-refractivity contribution in [2.24, 2.45) is 0 Å². The zero-order valence-corrected chi connectivity index (χ0v) is 7.33. The summed E-state index contributed by atoms with van der Waals surface area (Å²) in [5.41, 5.74) is 0. The molecule has 0 N–H and O–H groups in total. The second-order valence-electron chi connectivity index (χ2n) is 2.36. The van der Waals surface area contributed by atoms with Crippen LogP contribution in [0.4, 0.5) is 0 Å². The lowest BCUT2D eigenvalue weighted by Gasteiger charge is -2.16. The van der Waals surface area contributed by atoms with Crippen molar-refractivity contribution in [2.75, 3.05) is 7.11 Å². The SMILES string of the molecule is CCCC(OC)OC(C)C#N. The zero-order chi connectivity index (χ0) is 8.69. The van der Waals surface area contributed by atoms with Crippen LogP contribution in [0.2, 0.25) is 0 Å². The van der Waals surface area contributed by atoms with Crippen molar-refractivity contribution >= 4 is 0 Å². The third-order valence-corrected chi connectivity index (χ3v) is 1.32. The van der Waals surface area contributed by atoms with E-state index in [-0.39, 0.29) is 12.4 Å². The van der Waals surface area contributed by atoms with Crippen molar-refractivity contribution in [3.8, 4) is 6.07 Å². The zero-order valence-electron chi connectivity index (χ0n) is 7.33. The van der Waals surface area contributed by atoms with Crippen molar-refractivity contribution in [3.05, 3.63) is 0 Å². The highest BCUT2D eigenvalue weighted by atomic mass is 16.7. The lowest BCUT2D eigenvalue weighted by Crippen LogP contribution is -2.20. The quantitative estimate of drug-likeness (QED) is 0.570. The molecule has 0 fully saturated rings. The molecule has 0 aliphatic rings. The average molecular weight is 157 g/mol. The fourth-order valence-corrected chi connectivity index (χ4v) is 0.735. The van der Waals surface area contributed by atoms with Gasteiger partial charge in [0.1, 0.15) is 6.10 Å². The molecular formula is C8H15NO2. The Morgan fingerprint density at radius 3 is 2.55 bits per heavy atom. The molecule has 0 saturated carbocycles. The first kappa shape index (κ1) is 10.4. The molecule has 64 valence electrons. The standard InChI is InChI=1S/C8H15NO2/c1-4-5-8(10-3)11-7(2)6-9/h7-8H,4-5H2,1-3H3. The van der Waals surface area contributed by atoms with Crippen LogP contribution in [0.1, 0.15) is 26.7 Å². The number of nitrogens with zero attached hydrogens (tertiary/aromatic N) is 1. The minimum atomic E-state index is -0.383. The molecule has 2 unspecified atom stereocenters. The molecule has 0 bridgehead atoms. The van der Waals surface area contributed by atoms with Crippen LogP contribution in [-0.4, -0.2) is 19.5 Å². The number of hydrogen-bond donors (Lipinski definition) is 0. The first-order chi connectivity index (χ1) is 5.24. The summed E-state index contributed by atoms with van der Waals surface area (Å²) in [6.07, 6.45) is 1.22. The molecular weight excluding hydrogens is 142 g/mol. The molecule has 0 aromatic carbocycles. The van der Waals surface area contributed by atoms with Crippen LogP contribution in [0.3, 0.4) is 0 Å². The van der Waals surface area contributed by atoms with E-state index in [1.54, 1.807) is 14.0 Å². The van der Waals surface area contributed by atoms with Crippen LogP contribution in [0, 0.1) is 11.3 Å². The molecule has 0 spiro atoms. The van der Waals surface area contributed by atoms with Gasteiger partial charge in [-0.15, -0.1) is 0 Å². The Bertz CT molecular complexity index is 131. The summed E-state index contributed by atoms with van der Waals surface area (Å²) in [6.45, 7) is 3.76. The van der Waals surface area contributed by atoms with Crippen LogP contribution >= 0.6 is 0 Å². The molecule has 11 heavy (non-hydrogen) atoms. The van der Waals surface area contributed by atoms with Gasteiger partial charge >= 0.3 is 0 Å². The van der Waals surface area contributed by atoms with Gasteiger partial charge in [0.25, 0.3) is 0 Å². The summed E-state index contributed by atoms with van der Waals surface area (Å²) in [5, 5.41) is 8.42. The predicted molar refractivity (Wildman–Crippen MR) is 41.9 cm³/mol. The smallest absolute Gasteiger partial charge is 0.158 e. The van der Waals surface area contributed by atoms with Gasteiger partial charge in [-0.1, -0.05) is 13.3 Å². The third-order valence-electron chi connectivity index (χ3n) is 1.32. The maximum atomic E-state index is 8.42. The first-order valence-electron chi connectivity index (χ1n) is 3.82. The first-order valence-corrected chi connectivity index (χ1v) is 3.82. The molecule has 0 aromatic rings. The molecule has 0 rings (SSSR count). The van der Waals surface area contributed by atoms with Gasteiger partial charge in [0.2, 0.25) is 0 Å². The van der Waals surface area contributed by atoms with E-state index in [2.05, 4.69) is 0 Å². The monoisotopic (exact) mass is 157 g/mol. The van der Waals surface area contributed by atoms with E-state index in [9.17, 15) is 0 Å². The van der Waals surface area contributed by atoms with Gasteiger partial charge in [-0.3, -0.25) is 0 Å². The van der Waals surface area contributed by atoms with Gasteiger partial charge in [0.05, 0.1) is 6.07 Å². The summed E-state index contributed by atoms with van der Waals surface area (Å²) in [5.74, 6) is 0. The van der Waals surface area contributed by atoms with E-state index in [1.807, 2.05) is 13.0 Å². The van der Waals surface area contributed by atoms with Crippen molar-refractivity contribution in [1.82, 2.24) is 0 Å². The summed E-state index contributed by atoms with van der Waals surface area (Å²) in [7, 11) is 1.59. The molecule has 0 heterocycles. The van der Waals surface area contributed by atoms with Crippen molar-refractivity contribution in [1.29, 1.82) is 5.26 Å². The Morgan fingerprint density at radius 2 is 2.18 bits per heavy atom. The molecule has 0 aliphatic heterocycles. The van der Waals surface area contributed by atoms with E-state index in [0.717, 1.165) is 12.8 Å². The van der Waals surface area contributed by atoms with Gasteiger partial charge in [0, 0.05) is 7.11 Å². The summed E-state index contributed by atoms with van der Waals surface area (Å²) >= 11 is 0. The van der Waals surface area contributed by atoms with Crippen molar-refractivity contribution in [3.63, 3.8) is 0 Å². The topological polar surface area (TPSA) is 42.2 Å². The van der Waals surface area contributed by atoms with E-state index < -0.39 is 0 Å². The molecule has 0 radical (unpaired) electrons. The fourth-order valence-electron chi connectivity index (χ4n) is 0.735. The second-order valence-corrected chi connectivity index (χ2v) is 2.36. The number of nitriles is 1. The van der Waals surface area contributed by atoms with Gasteiger partial charge < -0.3 is 9.47 Å². The normalized spacial score (nSPS) is 15.5. The van der Waals surface area contributed by atoms with Crippen LogP contribution in [0.5, 0.6) is 0 Å². The number of rotatable bonds is 5. The van der Waals surface area contributed by atoms with Gasteiger partial charge in [-0.25, -0.2) is 0 Å². The molecule has 0 aromatic heterocycles. The van der Waals surface area contributed by atoms with E-state index in [0.29, 0.717) is 0 Å². The molecule has 3 heteroatoms. The van der Waals surface area contributed by atoms with Crippen LogP contribution in [0.15, 0.2) is 0 Å². The minimum absolute atomic E-state index is 0.227. The van der Waals surface area contributed by atoms with Crippen LogP contribution < -0.4 is 0 Å². The van der Waals surface area contributed by atoms with E-state index >= 15 is 0 Å². The second kappa shape index (κ2) is 6.14. The number of ether oxygens (including phenoxy) is 2. The van der Waals surface area contributed by atoms with Crippen molar-refractivity contribution < 1.29 is 9.47 Å². The predicted octanol–water partition coefficient (Wildman–Crippen LogP) is 1.69.